The monoisotopic (exact) mass is 569 g/mol. The molecule has 0 saturated heterocycles. The Labute approximate surface area is 242 Å². The molecule has 4 aromatic rings. The van der Waals surface area contributed by atoms with E-state index in [-0.39, 0.29) is 28.1 Å². The molecule has 0 fully saturated rings. The summed E-state index contributed by atoms with van der Waals surface area (Å²) in [5, 5.41) is 4.32. The first-order chi connectivity index (χ1) is 19.5. The topological polar surface area (TPSA) is 88.1 Å². The summed E-state index contributed by atoms with van der Waals surface area (Å²) in [4.78, 5) is 13.5. The highest BCUT2D eigenvalue weighted by Gasteiger charge is 2.29. The number of sulfonamides is 1. The van der Waals surface area contributed by atoms with E-state index >= 15 is 0 Å². The maximum Gasteiger partial charge on any atom is 0.273 e. The molecule has 41 heavy (non-hydrogen) atoms. The number of nitrogens with one attached hydrogen (secondary N) is 1. The van der Waals surface area contributed by atoms with Crippen LogP contribution in [0.15, 0.2) is 113 Å². The van der Waals surface area contributed by atoms with E-state index in [0.717, 1.165) is 11.1 Å². The Balaban J connectivity index is 1.68. The normalized spacial score (nSPS) is 12.1. The predicted octanol–water partition coefficient (Wildman–Crippen LogP) is 6.54. The van der Waals surface area contributed by atoms with Gasteiger partial charge in [0.15, 0.2) is 0 Å². The number of hydrogen-bond donors (Lipinski definition) is 1. The molecule has 0 unspecified atom stereocenters. The Bertz CT molecular complexity index is 1620. The Morgan fingerprint density at radius 2 is 1.46 bits per heavy atom. The smallest absolute Gasteiger partial charge is 0.273 e. The van der Waals surface area contributed by atoms with Crippen molar-refractivity contribution >= 4 is 27.3 Å². The second-order valence-electron chi connectivity index (χ2n) is 10.7. The van der Waals surface area contributed by atoms with Crippen LogP contribution in [0.1, 0.15) is 54.7 Å². The molecule has 0 aromatic heterocycles. The van der Waals surface area contributed by atoms with Gasteiger partial charge in [-0.05, 0) is 65.4 Å². The summed E-state index contributed by atoms with van der Waals surface area (Å²) in [6, 6.07) is 30.1. The van der Waals surface area contributed by atoms with E-state index in [1.807, 2.05) is 49.4 Å². The number of hydrazone groups is 1. The van der Waals surface area contributed by atoms with Crippen LogP contribution in [0, 0.1) is 0 Å². The van der Waals surface area contributed by atoms with Gasteiger partial charge < -0.3 is 4.74 Å². The number of rotatable bonds is 9. The molecule has 212 valence electrons. The number of para-hydroxylation sites is 1. The standard InChI is InChI=1S/C33H35N3O4S/c1-24(26-15-17-27(18-16-26)33(2,3)4)34-35-32(37)30-13-9-10-14-31(30)36(23-25-11-7-6-8-12-25)41(38,39)29-21-19-28(40-5)20-22-29/h6-22H,23H2,1-5H3,(H,35,37)/b34-24-. The van der Waals surface area contributed by atoms with Crippen LogP contribution in [0.5, 0.6) is 5.75 Å². The average molecular weight is 570 g/mol. The Hall–Kier alpha value is -4.43. The van der Waals surface area contributed by atoms with Gasteiger partial charge in [-0.25, -0.2) is 13.8 Å². The summed E-state index contributed by atoms with van der Waals surface area (Å²) in [6.07, 6.45) is 0. The number of hydrogen-bond acceptors (Lipinski definition) is 5. The van der Waals surface area contributed by atoms with Crippen molar-refractivity contribution in [3.8, 4) is 5.75 Å². The van der Waals surface area contributed by atoms with Gasteiger partial charge in [-0.1, -0.05) is 87.5 Å². The lowest BCUT2D eigenvalue weighted by atomic mass is 9.86. The SMILES string of the molecule is COc1ccc(S(=O)(=O)N(Cc2ccccc2)c2ccccc2C(=O)N/N=C(/C)c2ccc(C(C)(C)C)cc2)cc1. The third-order valence-electron chi connectivity index (χ3n) is 6.73. The summed E-state index contributed by atoms with van der Waals surface area (Å²) >= 11 is 0. The molecule has 0 saturated carbocycles. The van der Waals surface area contributed by atoms with E-state index in [4.69, 9.17) is 4.74 Å². The maximum atomic E-state index is 14.0. The molecule has 0 heterocycles. The lowest BCUT2D eigenvalue weighted by molar-refractivity contribution is 0.0955. The highest BCUT2D eigenvalue weighted by atomic mass is 32.2. The molecule has 1 N–H and O–H groups in total. The Kier molecular flexibility index (Phi) is 8.93. The molecule has 0 bridgehead atoms. The van der Waals surface area contributed by atoms with E-state index in [1.54, 1.807) is 36.4 Å². The molecule has 0 aliphatic heterocycles. The molecule has 7 nitrogen and oxygen atoms in total. The second kappa shape index (κ2) is 12.4. The fourth-order valence-corrected chi connectivity index (χ4v) is 5.75. The Morgan fingerprint density at radius 3 is 2.07 bits per heavy atom. The van der Waals surface area contributed by atoms with Crippen molar-refractivity contribution in [1.29, 1.82) is 0 Å². The van der Waals surface area contributed by atoms with Gasteiger partial charge in [-0.15, -0.1) is 0 Å². The first-order valence-corrected chi connectivity index (χ1v) is 14.7. The molecule has 4 aromatic carbocycles. The highest BCUT2D eigenvalue weighted by molar-refractivity contribution is 7.92. The summed E-state index contributed by atoms with van der Waals surface area (Å²) < 4.78 is 34.4. The van der Waals surface area contributed by atoms with Crippen LogP contribution in [0.25, 0.3) is 0 Å². The van der Waals surface area contributed by atoms with Crippen molar-refractivity contribution in [2.45, 2.75) is 44.6 Å². The number of amides is 1. The molecule has 0 aliphatic carbocycles. The minimum Gasteiger partial charge on any atom is -0.497 e. The van der Waals surface area contributed by atoms with Crippen LogP contribution in [0.3, 0.4) is 0 Å². The van der Waals surface area contributed by atoms with Gasteiger partial charge in [0.1, 0.15) is 5.75 Å². The van der Waals surface area contributed by atoms with Crippen LogP contribution >= 0.6 is 0 Å². The van der Waals surface area contributed by atoms with E-state index in [1.165, 1.54) is 29.1 Å². The van der Waals surface area contributed by atoms with Crippen LogP contribution in [-0.2, 0) is 22.0 Å². The van der Waals surface area contributed by atoms with Crippen LogP contribution in [-0.4, -0.2) is 27.1 Å². The molecule has 0 atom stereocenters. The maximum absolute atomic E-state index is 14.0. The molecule has 4 rings (SSSR count). The lowest BCUT2D eigenvalue weighted by Gasteiger charge is -2.26. The average Bonchev–Trinajstić information content (AvgIpc) is 2.98. The van der Waals surface area contributed by atoms with E-state index in [0.29, 0.717) is 11.5 Å². The summed E-state index contributed by atoms with van der Waals surface area (Å²) in [5.41, 5.74) is 6.54. The number of benzene rings is 4. The quantitative estimate of drug-likeness (QED) is 0.183. The number of nitrogens with zero attached hydrogens (tertiary/aromatic N) is 2. The fraction of sp³-hybridized carbons (Fsp3) is 0.212. The molecule has 0 radical (unpaired) electrons. The summed E-state index contributed by atoms with van der Waals surface area (Å²) in [5.74, 6) is 0.0221. The van der Waals surface area contributed by atoms with Gasteiger partial charge in [0, 0.05) is 0 Å². The lowest BCUT2D eigenvalue weighted by Crippen LogP contribution is -2.33. The van der Waals surface area contributed by atoms with Gasteiger partial charge >= 0.3 is 0 Å². The fourth-order valence-electron chi connectivity index (χ4n) is 4.28. The van der Waals surface area contributed by atoms with Gasteiger partial charge in [0.25, 0.3) is 15.9 Å². The predicted molar refractivity (Wildman–Crippen MR) is 164 cm³/mol. The highest BCUT2D eigenvalue weighted by Crippen LogP contribution is 2.30. The van der Waals surface area contributed by atoms with Gasteiger partial charge in [0.05, 0.1) is 35.5 Å². The molecule has 0 spiro atoms. The van der Waals surface area contributed by atoms with Crippen molar-refractivity contribution in [1.82, 2.24) is 5.43 Å². The number of ether oxygens (including phenoxy) is 1. The minimum atomic E-state index is -4.06. The summed E-state index contributed by atoms with van der Waals surface area (Å²) in [6.45, 7) is 8.29. The van der Waals surface area contributed by atoms with Crippen LogP contribution in [0.2, 0.25) is 0 Å². The zero-order chi connectivity index (χ0) is 29.6. The molecule has 0 aliphatic rings. The number of anilines is 1. The number of carbonyl (C=O) groups excluding carboxylic acids is 1. The third-order valence-corrected chi connectivity index (χ3v) is 8.50. The first-order valence-electron chi connectivity index (χ1n) is 13.3. The van der Waals surface area contributed by atoms with Crippen molar-refractivity contribution in [3.05, 3.63) is 125 Å². The van der Waals surface area contributed by atoms with Gasteiger partial charge in [-0.3, -0.25) is 9.10 Å². The second-order valence-corrected chi connectivity index (χ2v) is 12.5. The van der Waals surface area contributed by atoms with Gasteiger partial charge in [-0.2, -0.15) is 5.10 Å². The van der Waals surface area contributed by atoms with Crippen molar-refractivity contribution in [2.75, 3.05) is 11.4 Å². The van der Waals surface area contributed by atoms with E-state index < -0.39 is 15.9 Å². The molecule has 1 amide bonds. The third kappa shape index (κ3) is 7.02. The zero-order valence-electron chi connectivity index (χ0n) is 24.0. The van der Waals surface area contributed by atoms with Crippen molar-refractivity contribution in [2.24, 2.45) is 5.10 Å². The van der Waals surface area contributed by atoms with E-state index in [9.17, 15) is 13.2 Å². The van der Waals surface area contributed by atoms with Gasteiger partial charge in [0.2, 0.25) is 0 Å². The largest absolute Gasteiger partial charge is 0.497 e. The first kappa shape index (κ1) is 29.6. The number of methoxy groups -OCH3 is 1. The molecule has 8 heteroatoms. The minimum absolute atomic E-state index is 0.0271. The van der Waals surface area contributed by atoms with Crippen molar-refractivity contribution in [3.63, 3.8) is 0 Å². The van der Waals surface area contributed by atoms with E-state index in [2.05, 4.69) is 43.4 Å². The Morgan fingerprint density at radius 1 is 0.854 bits per heavy atom. The summed E-state index contributed by atoms with van der Waals surface area (Å²) in [7, 11) is -2.54. The zero-order valence-corrected chi connectivity index (χ0v) is 24.8. The molecular weight excluding hydrogens is 534 g/mol. The molecular formula is C33H35N3O4S. The van der Waals surface area contributed by atoms with Crippen LogP contribution in [0.4, 0.5) is 5.69 Å². The number of carbonyl (C=O) groups is 1. The van der Waals surface area contributed by atoms with Crippen LogP contribution < -0.4 is 14.5 Å². The van der Waals surface area contributed by atoms with Crippen molar-refractivity contribution < 1.29 is 17.9 Å².